The molecule has 4 aromatic rings. The van der Waals surface area contributed by atoms with E-state index in [2.05, 4.69) is 125 Å². The van der Waals surface area contributed by atoms with Crippen molar-refractivity contribution in [3.8, 4) is 51.3 Å². The van der Waals surface area contributed by atoms with Crippen molar-refractivity contribution in [1.29, 1.82) is 0 Å². The maximum Gasteiger partial charge on any atom is 0.227 e. The number of hydrogen-bond acceptors (Lipinski definition) is 5. The van der Waals surface area contributed by atoms with Gasteiger partial charge in [0.15, 0.2) is 5.76 Å². The molecule has 0 saturated carbocycles. The lowest BCUT2D eigenvalue weighted by Crippen LogP contribution is -2.18. The number of nitrogens with zero attached hydrogens (tertiary/aromatic N) is 1. The van der Waals surface area contributed by atoms with Gasteiger partial charge in [0.2, 0.25) is 5.89 Å². The van der Waals surface area contributed by atoms with Crippen molar-refractivity contribution in [2.45, 2.75) is 157 Å². The number of aromatic nitrogens is 1. The minimum atomic E-state index is -0.347. The lowest BCUT2D eigenvalue weighted by molar-refractivity contribution is 0.422. The molecule has 0 saturated heterocycles. The summed E-state index contributed by atoms with van der Waals surface area (Å²) in [6.07, 6.45) is 0. The van der Waals surface area contributed by atoms with Crippen molar-refractivity contribution < 1.29 is 19.7 Å². The van der Waals surface area contributed by atoms with Gasteiger partial charge in [-0.1, -0.05) is 125 Å². The molecule has 3 N–H and O–H groups in total. The fourth-order valence-corrected chi connectivity index (χ4v) is 6.56. The van der Waals surface area contributed by atoms with Crippen molar-refractivity contribution in [3.63, 3.8) is 0 Å². The van der Waals surface area contributed by atoms with Crippen LogP contribution in [0.2, 0.25) is 0 Å². The van der Waals surface area contributed by atoms with Crippen LogP contribution in [-0.4, -0.2) is 20.3 Å². The Morgan fingerprint density at radius 3 is 0.880 bits per heavy atom. The van der Waals surface area contributed by atoms with Crippen LogP contribution in [0, 0.1) is 0 Å². The number of benzene rings is 3. The standard InChI is InChI=1S/C45H63NO4/c1-40(2,3)28-19-25(20-29(35(28)47)41(4,5)6)34-38(26-21-30(42(7,8)9)36(48)31(22-26)43(10,11)12)50-39(46-34)27-23-32(44(13,14)15)37(49)33(24-27)45(16,17)18/h19-24,47-49H,1-18H3. The smallest absolute Gasteiger partial charge is 0.227 e. The van der Waals surface area contributed by atoms with Gasteiger partial charge in [0, 0.05) is 50.1 Å². The normalized spacial score (nSPS) is 13.6. The van der Waals surface area contributed by atoms with Crippen LogP contribution in [0.4, 0.5) is 0 Å². The SMILES string of the molecule is CC(C)(C)c1cc(-c2nc(-c3cc(C(C)(C)C)c(O)c(C(C)(C)C)c3)c(-c3cc(C(C)(C)C)c(O)c(C(C)(C)C)c3)o2)cc(C(C)(C)C)c1O. The molecule has 0 spiro atoms. The van der Waals surface area contributed by atoms with Crippen molar-refractivity contribution in [2.75, 3.05) is 0 Å². The van der Waals surface area contributed by atoms with E-state index in [1.165, 1.54) is 0 Å². The van der Waals surface area contributed by atoms with Crippen molar-refractivity contribution >= 4 is 0 Å². The van der Waals surface area contributed by atoms with Crippen LogP contribution in [-0.2, 0) is 32.5 Å². The Morgan fingerprint density at radius 2 is 0.620 bits per heavy atom. The summed E-state index contributed by atoms with van der Waals surface area (Å²) >= 11 is 0. The van der Waals surface area contributed by atoms with E-state index < -0.39 is 0 Å². The fraction of sp³-hybridized carbons (Fsp3) is 0.533. The zero-order chi connectivity index (χ0) is 38.3. The van der Waals surface area contributed by atoms with Gasteiger partial charge in [-0.25, -0.2) is 4.98 Å². The zero-order valence-electron chi connectivity index (χ0n) is 34.2. The maximum atomic E-state index is 11.6. The summed E-state index contributed by atoms with van der Waals surface area (Å²) in [5, 5.41) is 34.8. The molecule has 0 radical (unpaired) electrons. The summed E-state index contributed by atoms with van der Waals surface area (Å²) in [6.45, 7) is 37.9. The average Bonchev–Trinajstić information content (AvgIpc) is 3.35. The Kier molecular flexibility index (Phi) is 9.53. The molecule has 272 valence electrons. The molecule has 50 heavy (non-hydrogen) atoms. The van der Waals surface area contributed by atoms with Crippen molar-refractivity contribution in [3.05, 3.63) is 69.8 Å². The summed E-state index contributed by atoms with van der Waals surface area (Å²) in [7, 11) is 0. The average molecular weight is 682 g/mol. The van der Waals surface area contributed by atoms with Crippen molar-refractivity contribution in [2.24, 2.45) is 0 Å². The molecule has 0 aliphatic rings. The second-order valence-corrected chi connectivity index (χ2v) is 20.5. The van der Waals surface area contributed by atoms with Gasteiger partial charge in [-0.3, -0.25) is 0 Å². The highest BCUT2D eigenvalue weighted by atomic mass is 16.4. The largest absolute Gasteiger partial charge is 0.507 e. The van der Waals surface area contributed by atoms with E-state index in [0.717, 1.165) is 50.1 Å². The third-order valence-corrected chi connectivity index (χ3v) is 9.59. The molecular formula is C45H63NO4. The minimum Gasteiger partial charge on any atom is -0.507 e. The number of phenolic OH excluding ortho intramolecular Hbond substituents is 3. The Bertz CT molecular complexity index is 1710. The monoisotopic (exact) mass is 681 g/mol. The summed E-state index contributed by atoms with van der Waals surface area (Å²) in [4.78, 5) is 5.29. The third-order valence-electron chi connectivity index (χ3n) is 9.59. The molecule has 0 unspecified atom stereocenters. The first-order chi connectivity index (χ1) is 22.3. The van der Waals surface area contributed by atoms with E-state index >= 15 is 0 Å². The van der Waals surface area contributed by atoms with Gasteiger partial charge in [0.1, 0.15) is 22.9 Å². The Hall–Kier alpha value is -3.73. The van der Waals surface area contributed by atoms with E-state index in [1.807, 2.05) is 36.4 Å². The summed E-state index contributed by atoms with van der Waals surface area (Å²) in [5.74, 6) is 1.93. The van der Waals surface area contributed by atoms with E-state index in [9.17, 15) is 15.3 Å². The second kappa shape index (κ2) is 12.2. The topological polar surface area (TPSA) is 86.7 Å². The van der Waals surface area contributed by atoms with Crippen LogP contribution < -0.4 is 0 Å². The number of hydrogen-bond donors (Lipinski definition) is 3. The predicted molar refractivity (Wildman–Crippen MR) is 210 cm³/mol. The molecule has 3 aromatic carbocycles. The second-order valence-electron chi connectivity index (χ2n) is 20.5. The molecule has 0 atom stereocenters. The third kappa shape index (κ3) is 7.62. The molecule has 0 amide bonds. The van der Waals surface area contributed by atoms with Gasteiger partial charge in [-0.2, -0.15) is 0 Å². The Labute approximate surface area is 302 Å². The highest BCUT2D eigenvalue weighted by Crippen LogP contribution is 2.49. The van der Waals surface area contributed by atoms with Gasteiger partial charge in [-0.05, 0) is 68.9 Å². The zero-order valence-corrected chi connectivity index (χ0v) is 34.2. The first-order valence-electron chi connectivity index (χ1n) is 18.0. The van der Waals surface area contributed by atoms with Crippen LogP contribution in [0.1, 0.15) is 158 Å². The highest BCUT2D eigenvalue weighted by molar-refractivity contribution is 5.82. The number of aromatic hydroxyl groups is 3. The molecule has 1 aromatic heterocycles. The minimum absolute atomic E-state index is 0.298. The van der Waals surface area contributed by atoms with E-state index in [-0.39, 0.29) is 32.5 Å². The molecular weight excluding hydrogens is 618 g/mol. The van der Waals surface area contributed by atoms with Gasteiger partial charge < -0.3 is 19.7 Å². The van der Waals surface area contributed by atoms with Gasteiger partial charge in [0.05, 0.1) is 0 Å². The molecule has 0 fully saturated rings. The van der Waals surface area contributed by atoms with Gasteiger partial charge in [-0.15, -0.1) is 0 Å². The maximum absolute atomic E-state index is 11.6. The Morgan fingerprint density at radius 1 is 0.380 bits per heavy atom. The number of rotatable bonds is 3. The lowest BCUT2D eigenvalue weighted by atomic mass is 9.77. The number of oxazole rings is 1. The molecule has 1 heterocycles. The molecule has 0 bridgehead atoms. The first-order valence-corrected chi connectivity index (χ1v) is 18.0. The van der Waals surface area contributed by atoms with Crippen molar-refractivity contribution in [1.82, 2.24) is 4.98 Å². The molecule has 0 aliphatic carbocycles. The first kappa shape index (κ1) is 39.1. The van der Waals surface area contributed by atoms with Crippen LogP contribution in [0.5, 0.6) is 17.2 Å². The fourth-order valence-electron chi connectivity index (χ4n) is 6.56. The predicted octanol–water partition coefficient (Wildman–Crippen LogP) is 12.6. The number of phenols is 3. The Balaban J connectivity index is 2.24. The van der Waals surface area contributed by atoms with E-state index in [4.69, 9.17) is 9.40 Å². The van der Waals surface area contributed by atoms with Gasteiger partial charge in [0.25, 0.3) is 0 Å². The molecule has 5 nitrogen and oxygen atoms in total. The highest BCUT2D eigenvalue weighted by Gasteiger charge is 2.33. The summed E-state index contributed by atoms with van der Waals surface area (Å²) in [6, 6.07) is 12.2. The van der Waals surface area contributed by atoms with E-state index in [0.29, 0.717) is 34.6 Å². The molecule has 5 heteroatoms. The van der Waals surface area contributed by atoms with Crippen LogP contribution in [0.3, 0.4) is 0 Å². The molecule has 4 rings (SSSR count). The quantitative estimate of drug-likeness (QED) is 0.200. The van der Waals surface area contributed by atoms with Crippen LogP contribution in [0.15, 0.2) is 40.8 Å². The lowest BCUT2D eigenvalue weighted by Gasteiger charge is -2.28. The van der Waals surface area contributed by atoms with Crippen LogP contribution >= 0.6 is 0 Å². The van der Waals surface area contributed by atoms with E-state index in [1.54, 1.807) is 0 Å². The van der Waals surface area contributed by atoms with Crippen LogP contribution in [0.25, 0.3) is 34.0 Å². The molecule has 0 aliphatic heterocycles. The summed E-state index contributed by atoms with van der Waals surface area (Å²) < 4.78 is 6.94. The van der Waals surface area contributed by atoms with Gasteiger partial charge >= 0.3 is 0 Å². The summed E-state index contributed by atoms with van der Waals surface area (Å²) in [5.41, 5.74) is 6.03.